The molecule has 4 unspecified atom stereocenters. The highest BCUT2D eigenvalue weighted by Gasteiger charge is 2.42. The van der Waals surface area contributed by atoms with E-state index in [9.17, 15) is 13.2 Å². The van der Waals surface area contributed by atoms with Crippen molar-refractivity contribution < 1.29 is 13.2 Å². The molecule has 1 aliphatic heterocycles. The molecule has 1 N–H and O–H groups in total. The molecular weight excluding hydrogens is 350 g/mol. The molecule has 1 amide bonds. The number of aromatic nitrogens is 1. The monoisotopic (exact) mass is 379 g/mol. The Labute approximate surface area is 156 Å². The minimum absolute atomic E-state index is 0.131. The maximum atomic E-state index is 12.8. The maximum absolute atomic E-state index is 12.8. The first-order chi connectivity index (χ1) is 12.4. The van der Waals surface area contributed by atoms with E-state index in [-0.39, 0.29) is 16.8 Å². The molecule has 1 aromatic rings. The summed E-state index contributed by atoms with van der Waals surface area (Å²) in [6.45, 7) is 3.23. The van der Waals surface area contributed by atoms with E-state index in [4.69, 9.17) is 0 Å². The van der Waals surface area contributed by atoms with Gasteiger partial charge >= 0.3 is 0 Å². The first-order valence-electron chi connectivity index (χ1n) is 9.83. The van der Waals surface area contributed by atoms with Crippen LogP contribution in [0.5, 0.6) is 0 Å². The zero-order valence-electron chi connectivity index (χ0n) is 15.6. The normalized spacial score (nSPS) is 30.0. The Kier molecular flexibility index (Phi) is 4.63. The Morgan fingerprint density at radius 1 is 1.23 bits per heavy atom. The summed E-state index contributed by atoms with van der Waals surface area (Å²) in [5.41, 5.74) is 0.415. The Bertz CT molecular complexity index is 795. The lowest BCUT2D eigenvalue weighted by Gasteiger charge is -2.28. The van der Waals surface area contributed by atoms with Crippen LogP contribution in [-0.4, -0.2) is 42.3 Å². The highest BCUT2D eigenvalue weighted by Crippen LogP contribution is 2.49. The van der Waals surface area contributed by atoms with Gasteiger partial charge < -0.3 is 9.88 Å². The smallest absolute Gasteiger partial charge is 0.268 e. The third-order valence-corrected chi connectivity index (χ3v) is 8.57. The van der Waals surface area contributed by atoms with Gasteiger partial charge in [-0.1, -0.05) is 6.42 Å². The molecule has 3 aliphatic rings. The van der Waals surface area contributed by atoms with Crippen LogP contribution in [0, 0.1) is 17.8 Å². The fourth-order valence-electron chi connectivity index (χ4n) is 5.27. The van der Waals surface area contributed by atoms with Gasteiger partial charge in [0.05, 0.1) is 0 Å². The van der Waals surface area contributed by atoms with E-state index in [1.54, 1.807) is 17.8 Å². The van der Waals surface area contributed by atoms with E-state index in [1.807, 2.05) is 0 Å². The van der Waals surface area contributed by atoms with Crippen molar-refractivity contribution in [2.45, 2.75) is 56.4 Å². The number of rotatable bonds is 5. The van der Waals surface area contributed by atoms with Crippen molar-refractivity contribution in [3.63, 3.8) is 0 Å². The third-order valence-electron chi connectivity index (χ3n) is 6.71. The number of aryl methyl sites for hydroxylation is 1. The van der Waals surface area contributed by atoms with Crippen LogP contribution in [0.25, 0.3) is 0 Å². The number of sulfonamides is 1. The number of nitrogens with one attached hydrogen (secondary N) is 1. The molecule has 0 radical (unpaired) electrons. The van der Waals surface area contributed by atoms with E-state index in [0.717, 1.165) is 24.7 Å². The van der Waals surface area contributed by atoms with Gasteiger partial charge in [0.1, 0.15) is 10.6 Å². The molecule has 1 aromatic heterocycles. The molecule has 2 saturated carbocycles. The van der Waals surface area contributed by atoms with E-state index < -0.39 is 10.0 Å². The molecule has 7 heteroatoms. The highest BCUT2D eigenvalue weighted by molar-refractivity contribution is 7.89. The molecular formula is C19H29N3O3S. The van der Waals surface area contributed by atoms with Gasteiger partial charge in [0, 0.05) is 32.4 Å². The van der Waals surface area contributed by atoms with Crippen molar-refractivity contribution in [1.29, 1.82) is 0 Å². The van der Waals surface area contributed by atoms with E-state index in [1.165, 1.54) is 36.1 Å². The van der Waals surface area contributed by atoms with Crippen LogP contribution in [0.1, 0.15) is 55.9 Å². The molecule has 2 bridgehead atoms. The van der Waals surface area contributed by atoms with Crippen LogP contribution in [0.4, 0.5) is 0 Å². The van der Waals surface area contributed by atoms with Crippen molar-refractivity contribution >= 4 is 15.9 Å². The summed E-state index contributed by atoms with van der Waals surface area (Å²) in [5, 5.41) is 3.13. The van der Waals surface area contributed by atoms with Gasteiger partial charge in [0.2, 0.25) is 10.0 Å². The van der Waals surface area contributed by atoms with E-state index in [2.05, 4.69) is 12.2 Å². The second kappa shape index (κ2) is 6.68. The molecule has 144 valence electrons. The van der Waals surface area contributed by atoms with Crippen LogP contribution in [-0.2, 0) is 17.1 Å². The van der Waals surface area contributed by atoms with Gasteiger partial charge in [0.15, 0.2) is 0 Å². The average molecular weight is 380 g/mol. The van der Waals surface area contributed by atoms with Gasteiger partial charge in [0.25, 0.3) is 5.91 Å². The number of carbonyl (C=O) groups is 1. The summed E-state index contributed by atoms with van der Waals surface area (Å²) in [5.74, 6) is 1.97. The second-order valence-corrected chi connectivity index (χ2v) is 10.3. The summed E-state index contributed by atoms with van der Waals surface area (Å²) in [4.78, 5) is 13.0. The Balaban J connectivity index is 1.47. The summed E-state index contributed by atoms with van der Waals surface area (Å²) in [6, 6.07) is 1.66. The SMILES string of the molecule is CC(NC(=O)c1cc(S(=O)(=O)N2CCCC2)cn1C)C1CC2CCC1C2. The van der Waals surface area contributed by atoms with Crippen LogP contribution in [0.3, 0.4) is 0 Å². The fraction of sp³-hybridized carbons (Fsp3) is 0.737. The lowest BCUT2D eigenvalue weighted by Crippen LogP contribution is -2.40. The molecule has 0 aromatic carbocycles. The topological polar surface area (TPSA) is 71.4 Å². The van der Waals surface area contributed by atoms with E-state index >= 15 is 0 Å². The Morgan fingerprint density at radius 2 is 1.96 bits per heavy atom. The molecule has 2 aliphatic carbocycles. The summed E-state index contributed by atoms with van der Waals surface area (Å²) < 4.78 is 28.6. The number of carbonyl (C=O) groups excluding carboxylic acids is 1. The van der Waals surface area contributed by atoms with Crippen molar-refractivity contribution in [2.75, 3.05) is 13.1 Å². The number of hydrogen-bond donors (Lipinski definition) is 1. The van der Waals surface area contributed by atoms with Crippen LogP contribution in [0.15, 0.2) is 17.2 Å². The quantitative estimate of drug-likeness (QED) is 0.854. The second-order valence-electron chi connectivity index (χ2n) is 8.38. The van der Waals surface area contributed by atoms with Crippen molar-refractivity contribution in [3.05, 3.63) is 18.0 Å². The van der Waals surface area contributed by atoms with Crippen molar-refractivity contribution in [2.24, 2.45) is 24.8 Å². The molecule has 6 nitrogen and oxygen atoms in total. The highest BCUT2D eigenvalue weighted by atomic mass is 32.2. The van der Waals surface area contributed by atoms with E-state index in [0.29, 0.717) is 24.7 Å². The third kappa shape index (κ3) is 3.09. The van der Waals surface area contributed by atoms with Gasteiger partial charge in [-0.25, -0.2) is 8.42 Å². The zero-order valence-corrected chi connectivity index (χ0v) is 16.5. The molecule has 2 heterocycles. The maximum Gasteiger partial charge on any atom is 0.268 e. The molecule has 1 saturated heterocycles. The van der Waals surface area contributed by atoms with Crippen LogP contribution in [0.2, 0.25) is 0 Å². The number of amides is 1. The number of nitrogens with zero attached hydrogens (tertiary/aromatic N) is 2. The van der Waals surface area contributed by atoms with Crippen molar-refractivity contribution in [3.8, 4) is 0 Å². The summed E-state index contributed by atoms with van der Waals surface area (Å²) in [6.07, 6.45) is 8.53. The number of fused-ring (bicyclic) bond motifs is 2. The largest absolute Gasteiger partial charge is 0.348 e. The first-order valence-corrected chi connectivity index (χ1v) is 11.3. The van der Waals surface area contributed by atoms with Crippen LogP contribution < -0.4 is 5.32 Å². The molecule has 4 rings (SSSR count). The predicted octanol–water partition coefficient (Wildman–Crippen LogP) is 2.36. The van der Waals surface area contributed by atoms with Gasteiger partial charge in [-0.2, -0.15) is 4.31 Å². The fourth-order valence-corrected chi connectivity index (χ4v) is 6.86. The molecule has 26 heavy (non-hydrogen) atoms. The molecule has 3 fully saturated rings. The molecule has 4 atom stereocenters. The summed E-state index contributed by atoms with van der Waals surface area (Å²) in [7, 11) is -1.76. The Hall–Kier alpha value is -1.34. The molecule has 0 spiro atoms. The predicted molar refractivity (Wildman–Crippen MR) is 99.3 cm³/mol. The van der Waals surface area contributed by atoms with Gasteiger partial charge in [-0.15, -0.1) is 0 Å². The van der Waals surface area contributed by atoms with Gasteiger partial charge in [-0.05, 0) is 62.8 Å². The summed E-state index contributed by atoms with van der Waals surface area (Å²) >= 11 is 0. The lowest BCUT2D eigenvalue weighted by atomic mass is 9.84. The number of hydrogen-bond acceptors (Lipinski definition) is 3. The lowest BCUT2D eigenvalue weighted by molar-refractivity contribution is 0.0907. The minimum atomic E-state index is -3.49. The zero-order chi connectivity index (χ0) is 18.5. The first kappa shape index (κ1) is 18.0. The Morgan fingerprint density at radius 3 is 2.58 bits per heavy atom. The standard InChI is InChI=1S/C19H29N3O3S/c1-13(17-10-14-5-6-15(17)9-14)20-19(23)18-11-16(12-21(18)2)26(24,25)22-7-3-4-8-22/h11-15,17H,3-10H2,1-2H3,(H,20,23). The average Bonchev–Trinajstić information content (AvgIpc) is 3.37. The minimum Gasteiger partial charge on any atom is -0.348 e. The van der Waals surface area contributed by atoms with Gasteiger partial charge in [-0.3, -0.25) is 4.79 Å². The van der Waals surface area contributed by atoms with Crippen LogP contribution >= 0.6 is 0 Å². The van der Waals surface area contributed by atoms with Crippen molar-refractivity contribution in [1.82, 2.24) is 14.2 Å².